The van der Waals surface area contributed by atoms with Crippen molar-refractivity contribution in [2.45, 2.75) is 135 Å². The zero-order valence-electron chi connectivity index (χ0n) is 30.3. The van der Waals surface area contributed by atoms with Gasteiger partial charge in [0.25, 0.3) is 0 Å². The smallest absolute Gasteiger partial charge is 0.0498 e. The van der Waals surface area contributed by atoms with E-state index in [9.17, 15) is 0 Å². The van der Waals surface area contributed by atoms with Crippen LogP contribution in [0.15, 0.2) is 14.7 Å². The summed E-state index contributed by atoms with van der Waals surface area (Å²) in [4.78, 5) is 2.66. The fourth-order valence-corrected chi connectivity index (χ4v) is 8.90. The number of hydrogen-bond acceptors (Lipinski definition) is 3. The van der Waals surface area contributed by atoms with E-state index < -0.39 is 0 Å². The molecule has 0 atom stereocenters. The first kappa shape index (κ1) is 52.6. The van der Waals surface area contributed by atoms with Crippen LogP contribution >= 0.6 is 107 Å². The highest BCUT2D eigenvalue weighted by molar-refractivity contribution is 7.80. The maximum atomic E-state index is 6.33. The van der Waals surface area contributed by atoms with Crippen molar-refractivity contribution in [2.75, 3.05) is 0 Å². The summed E-state index contributed by atoms with van der Waals surface area (Å²) in [6.07, 6.45) is 0. The van der Waals surface area contributed by atoms with Crippen LogP contribution in [0.3, 0.4) is 0 Å². The molecule has 0 amide bonds. The molecule has 276 valence electrons. The maximum Gasteiger partial charge on any atom is 0.0498 e. The van der Waals surface area contributed by atoms with Crippen molar-refractivity contribution in [3.8, 4) is 0 Å². The van der Waals surface area contributed by atoms with Crippen molar-refractivity contribution < 1.29 is 14.1 Å². The lowest BCUT2D eigenvalue weighted by Crippen LogP contribution is -2.14. The standard InChI is InChI=1S/3C12H16Cl2S.3FH/c3*1-6-9(13)8(12(3,4)5)10(14)7(2)11(6)15;;;/h3*15H,1-5H3;3*1H. The minimum absolute atomic E-state index is 0. The van der Waals surface area contributed by atoms with Gasteiger partial charge in [0, 0.05) is 44.8 Å². The molecule has 0 spiro atoms. The average Bonchev–Trinajstić information content (AvgIpc) is 2.89. The topological polar surface area (TPSA) is 0 Å². The van der Waals surface area contributed by atoms with Crippen molar-refractivity contribution in [2.24, 2.45) is 0 Å². The van der Waals surface area contributed by atoms with Crippen LogP contribution in [-0.2, 0) is 16.2 Å². The third kappa shape index (κ3) is 11.6. The number of rotatable bonds is 0. The number of benzene rings is 3. The lowest BCUT2D eigenvalue weighted by Gasteiger charge is -2.25. The highest BCUT2D eigenvalue weighted by Gasteiger charge is 2.27. The predicted octanol–water partition coefficient (Wildman–Crippen LogP) is 16.0. The molecular weight excluding hydrogens is 798 g/mol. The van der Waals surface area contributed by atoms with Crippen LogP contribution in [0.2, 0.25) is 30.1 Å². The van der Waals surface area contributed by atoms with Crippen molar-refractivity contribution in [1.29, 1.82) is 0 Å². The van der Waals surface area contributed by atoms with Gasteiger partial charge in [-0.3, -0.25) is 14.1 Å². The zero-order valence-corrected chi connectivity index (χ0v) is 37.6. The fraction of sp³-hybridized carbons (Fsp3) is 0.500. The molecule has 0 unspecified atom stereocenters. The molecule has 3 aromatic carbocycles. The van der Waals surface area contributed by atoms with Gasteiger partial charge < -0.3 is 0 Å². The van der Waals surface area contributed by atoms with E-state index >= 15 is 0 Å². The highest BCUT2D eigenvalue weighted by Crippen LogP contribution is 2.44. The summed E-state index contributed by atoms with van der Waals surface area (Å²) in [6.45, 7) is 30.8. The molecule has 0 aromatic heterocycles. The monoisotopic (exact) mass is 846 g/mol. The lowest BCUT2D eigenvalue weighted by molar-refractivity contribution is 0.588. The van der Waals surface area contributed by atoms with E-state index in [2.05, 4.69) is 100 Å². The molecule has 0 bridgehead atoms. The van der Waals surface area contributed by atoms with Gasteiger partial charge in [0.15, 0.2) is 0 Å². The normalized spacial score (nSPS) is 11.2. The van der Waals surface area contributed by atoms with E-state index in [4.69, 9.17) is 69.6 Å². The minimum Gasteiger partial charge on any atom is -0.269 e. The lowest BCUT2D eigenvalue weighted by atomic mass is 9.85. The Bertz CT molecular complexity index is 1330. The number of halogens is 9. The van der Waals surface area contributed by atoms with Gasteiger partial charge >= 0.3 is 0 Å². The molecule has 0 radical (unpaired) electrons. The highest BCUT2D eigenvalue weighted by atomic mass is 35.5. The van der Waals surface area contributed by atoms with Gasteiger partial charge in [-0.05, 0) is 108 Å². The molecule has 0 nitrogen and oxygen atoms in total. The van der Waals surface area contributed by atoms with Gasteiger partial charge in [0.2, 0.25) is 0 Å². The van der Waals surface area contributed by atoms with Gasteiger partial charge in [-0.2, -0.15) is 0 Å². The molecule has 12 heteroatoms. The summed E-state index contributed by atoms with van der Waals surface area (Å²) >= 11 is 51.2. The summed E-state index contributed by atoms with van der Waals surface area (Å²) in [6, 6.07) is 0. The van der Waals surface area contributed by atoms with E-state index in [1.165, 1.54) is 0 Å². The molecule has 0 aliphatic heterocycles. The van der Waals surface area contributed by atoms with E-state index in [0.29, 0.717) is 0 Å². The van der Waals surface area contributed by atoms with Crippen LogP contribution in [0.4, 0.5) is 14.1 Å². The maximum absolute atomic E-state index is 6.33. The molecular formula is C36H51Cl6F3S3. The Morgan fingerprint density at radius 2 is 0.417 bits per heavy atom. The first-order chi connectivity index (χ1) is 20.0. The Balaban J connectivity index is -0.000000614. The molecule has 0 fully saturated rings. The summed E-state index contributed by atoms with van der Waals surface area (Å²) in [5, 5.41) is 4.43. The van der Waals surface area contributed by atoms with Crippen molar-refractivity contribution in [3.63, 3.8) is 0 Å². The van der Waals surface area contributed by atoms with Crippen molar-refractivity contribution in [3.05, 3.63) is 80.2 Å². The summed E-state index contributed by atoms with van der Waals surface area (Å²) in [5.74, 6) is 0. The second kappa shape index (κ2) is 19.4. The number of thiol groups is 3. The van der Waals surface area contributed by atoms with E-state index in [1.54, 1.807) is 0 Å². The summed E-state index contributed by atoms with van der Waals surface area (Å²) < 4.78 is 0. The van der Waals surface area contributed by atoms with Crippen LogP contribution in [0.5, 0.6) is 0 Å². The van der Waals surface area contributed by atoms with Gasteiger partial charge in [-0.25, -0.2) is 0 Å². The Hall–Kier alpha value is 0.240. The summed E-state index contributed by atoms with van der Waals surface area (Å²) in [5.41, 5.74) is 8.92. The van der Waals surface area contributed by atoms with Gasteiger partial charge in [-0.1, -0.05) is 132 Å². The van der Waals surface area contributed by atoms with Crippen LogP contribution in [0, 0.1) is 41.5 Å². The van der Waals surface area contributed by atoms with Crippen molar-refractivity contribution in [1.82, 2.24) is 0 Å². The number of hydrogen-bond donors (Lipinski definition) is 3. The minimum atomic E-state index is -0.0504. The van der Waals surface area contributed by atoms with Crippen molar-refractivity contribution >= 4 is 107 Å². The van der Waals surface area contributed by atoms with E-state index in [-0.39, 0.29) is 30.4 Å². The van der Waals surface area contributed by atoms with Gasteiger partial charge in [0.05, 0.1) is 0 Å². The third-order valence-corrected chi connectivity index (χ3v) is 12.5. The molecule has 0 N–H and O–H groups in total. The van der Waals surface area contributed by atoms with E-state index in [1.807, 2.05) is 41.5 Å². The average molecular weight is 850 g/mol. The second-order valence-electron chi connectivity index (χ2n) is 14.6. The van der Waals surface area contributed by atoms with E-state index in [0.717, 1.165) is 94.9 Å². The second-order valence-corrected chi connectivity index (χ2v) is 18.2. The molecule has 0 aliphatic rings. The molecule has 0 saturated heterocycles. The quantitative estimate of drug-likeness (QED) is 0.184. The van der Waals surface area contributed by atoms with Crippen LogP contribution < -0.4 is 0 Å². The molecule has 0 heterocycles. The van der Waals surface area contributed by atoms with Crippen LogP contribution in [-0.4, -0.2) is 0 Å². The fourth-order valence-electron chi connectivity index (χ4n) is 4.86. The third-order valence-electron chi connectivity index (χ3n) is 7.67. The van der Waals surface area contributed by atoms with Gasteiger partial charge in [0.1, 0.15) is 0 Å². The predicted molar refractivity (Wildman–Crippen MR) is 223 cm³/mol. The molecule has 0 aliphatic carbocycles. The first-order valence-corrected chi connectivity index (χ1v) is 18.2. The van der Waals surface area contributed by atoms with Crippen LogP contribution in [0.1, 0.15) is 112 Å². The SMILES string of the molecule is Cc1c(S)c(C)c(Cl)c(C(C)(C)C)c1Cl.Cc1c(S)c(C)c(Cl)c(C(C)(C)C)c1Cl.Cc1c(S)c(C)c(Cl)c(C(C)(C)C)c1Cl.F.F.F. The Kier molecular flexibility index (Phi) is 21.2. The first-order valence-electron chi connectivity index (χ1n) is 14.6. The molecule has 3 aromatic rings. The van der Waals surface area contributed by atoms with Crippen LogP contribution in [0.25, 0.3) is 0 Å². The Labute approximate surface area is 334 Å². The van der Waals surface area contributed by atoms with Gasteiger partial charge in [-0.15, -0.1) is 37.9 Å². The largest absolute Gasteiger partial charge is 0.269 e. The zero-order chi connectivity index (χ0) is 35.9. The molecule has 3 rings (SSSR count). The molecule has 48 heavy (non-hydrogen) atoms. The molecule has 0 saturated carbocycles. The Morgan fingerprint density at radius 3 is 0.500 bits per heavy atom. The Morgan fingerprint density at radius 1 is 0.312 bits per heavy atom. The summed E-state index contributed by atoms with van der Waals surface area (Å²) in [7, 11) is 0.